The first-order chi connectivity index (χ1) is 7.74. The van der Waals surface area contributed by atoms with Crippen molar-refractivity contribution in [2.75, 3.05) is 24.7 Å². The molecular weight excluding hydrogens is 209 g/mol. The quantitative estimate of drug-likeness (QED) is 0.812. The van der Waals surface area contributed by atoms with Crippen LogP contribution in [0.15, 0.2) is 12.3 Å². The van der Waals surface area contributed by atoms with Crippen molar-refractivity contribution in [2.45, 2.75) is 19.5 Å². The highest BCUT2D eigenvalue weighted by molar-refractivity contribution is 5.44. The Kier molecular flexibility index (Phi) is 3.36. The number of morpholine rings is 1. The minimum absolute atomic E-state index is 0.142. The number of hydrogen-bond donors (Lipinski definition) is 1. The van der Waals surface area contributed by atoms with Crippen LogP contribution in [-0.4, -0.2) is 30.8 Å². The molecule has 2 N–H and O–H groups in total. The van der Waals surface area contributed by atoms with E-state index in [2.05, 4.69) is 4.98 Å². The van der Waals surface area contributed by atoms with Crippen LogP contribution >= 0.6 is 0 Å². The van der Waals surface area contributed by atoms with Crippen molar-refractivity contribution < 1.29 is 9.13 Å². The fraction of sp³-hybridized carbons (Fsp3) is 0.545. The number of nitrogens with zero attached hydrogens (tertiary/aromatic N) is 2. The summed E-state index contributed by atoms with van der Waals surface area (Å²) in [5.74, 6) is 0.0810. The number of halogens is 1. The van der Waals surface area contributed by atoms with Crippen LogP contribution in [0.2, 0.25) is 0 Å². The Morgan fingerprint density at radius 2 is 2.50 bits per heavy atom. The van der Waals surface area contributed by atoms with Crippen LogP contribution < -0.4 is 10.6 Å². The normalized spacial score (nSPS) is 21.2. The summed E-state index contributed by atoms with van der Waals surface area (Å²) in [5, 5.41) is 0. The summed E-state index contributed by atoms with van der Waals surface area (Å²) < 4.78 is 19.3. The van der Waals surface area contributed by atoms with Gasteiger partial charge >= 0.3 is 0 Å². The lowest BCUT2D eigenvalue weighted by Crippen LogP contribution is -2.44. The molecule has 0 bridgehead atoms. The molecule has 1 saturated heterocycles. The van der Waals surface area contributed by atoms with Crippen molar-refractivity contribution in [1.82, 2.24) is 4.98 Å². The zero-order valence-electron chi connectivity index (χ0n) is 9.32. The Balaban J connectivity index is 2.31. The molecule has 1 aromatic heterocycles. The molecule has 1 aromatic rings. The fourth-order valence-electron chi connectivity index (χ4n) is 1.87. The van der Waals surface area contributed by atoms with Crippen molar-refractivity contribution in [3.05, 3.63) is 23.6 Å². The molecule has 2 rings (SSSR count). The van der Waals surface area contributed by atoms with E-state index in [4.69, 9.17) is 10.5 Å². The van der Waals surface area contributed by atoms with Gasteiger partial charge in [-0.3, -0.25) is 0 Å². The maximum absolute atomic E-state index is 14.0. The maximum Gasteiger partial charge on any atom is 0.170 e. The number of anilines is 1. The molecule has 1 aliphatic rings. The second-order valence-electron chi connectivity index (χ2n) is 3.93. The van der Waals surface area contributed by atoms with Gasteiger partial charge in [0.15, 0.2) is 11.6 Å². The molecule has 0 spiro atoms. The molecule has 0 aromatic carbocycles. The number of rotatable bonds is 2. The second kappa shape index (κ2) is 4.76. The monoisotopic (exact) mass is 225 g/mol. The average Bonchev–Trinajstić information content (AvgIpc) is 2.31. The molecule has 1 fully saturated rings. The molecule has 1 aliphatic heterocycles. The summed E-state index contributed by atoms with van der Waals surface area (Å²) in [5.41, 5.74) is 5.98. The molecule has 0 radical (unpaired) electrons. The van der Waals surface area contributed by atoms with Crippen LogP contribution in [0, 0.1) is 5.82 Å². The molecule has 1 atom stereocenters. The average molecular weight is 225 g/mol. The zero-order valence-corrected chi connectivity index (χ0v) is 9.32. The van der Waals surface area contributed by atoms with Gasteiger partial charge in [0.25, 0.3) is 0 Å². The molecule has 0 aliphatic carbocycles. The third-order valence-electron chi connectivity index (χ3n) is 2.81. The highest BCUT2D eigenvalue weighted by Crippen LogP contribution is 2.22. The van der Waals surface area contributed by atoms with E-state index in [1.807, 2.05) is 11.8 Å². The van der Waals surface area contributed by atoms with Gasteiger partial charge < -0.3 is 15.4 Å². The predicted molar refractivity (Wildman–Crippen MR) is 59.7 cm³/mol. The van der Waals surface area contributed by atoms with Crippen LogP contribution in [0.4, 0.5) is 10.2 Å². The molecule has 16 heavy (non-hydrogen) atoms. The first-order valence-corrected chi connectivity index (χ1v) is 5.42. The van der Waals surface area contributed by atoms with Crippen LogP contribution in [0.25, 0.3) is 0 Å². The van der Waals surface area contributed by atoms with Gasteiger partial charge in [-0.15, -0.1) is 0 Å². The fourth-order valence-corrected chi connectivity index (χ4v) is 1.87. The third kappa shape index (κ3) is 2.01. The molecule has 4 nitrogen and oxygen atoms in total. The smallest absolute Gasteiger partial charge is 0.170 e. The van der Waals surface area contributed by atoms with Crippen LogP contribution in [0.1, 0.15) is 12.5 Å². The largest absolute Gasteiger partial charge is 0.377 e. The highest BCUT2D eigenvalue weighted by Gasteiger charge is 2.23. The third-order valence-corrected chi connectivity index (χ3v) is 2.81. The van der Waals surface area contributed by atoms with E-state index in [1.165, 1.54) is 0 Å². The van der Waals surface area contributed by atoms with E-state index >= 15 is 0 Å². The van der Waals surface area contributed by atoms with Gasteiger partial charge in [-0.05, 0) is 13.0 Å². The summed E-state index contributed by atoms with van der Waals surface area (Å²) in [7, 11) is 0. The SMILES string of the molecule is CC1COCCN1c1nccc(CN)c1F. The molecule has 0 amide bonds. The van der Waals surface area contributed by atoms with Gasteiger partial charge in [0, 0.05) is 24.8 Å². The minimum Gasteiger partial charge on any atom is -0.377 e. The van der Waals surface area contributed by atoms with Crippen molar-refractivity contribution in [2.24, 2.45) is 5.73 Å². The lowest BCUT2D eigenvalue weighted by molar-refractivity contribution is 0.0981. The summed E-state index contributed by atoms with van der Waals surface area (Å²) in [6, 6.07) is 1.76. The second-order valence-corrected chi connectivity index (χ2v) is 3.93. The molecule has 1 unspecified atom stereocenters. The van der Waals surface area contributed by atoms with Crippen LogP contribution in [-0.2, 0) is 11.3 Å². The lowest BCUT2D eigenvalue weighted by Gasteiger charge is -2.34. The first-order valence-electron chi connectivity index (χ1n) is 5.42. The van der Waals surface area contributed by atoms with Gasteiger partial charge in [0.1, 0.15) is 0 Å². The van der Waals surface area contributed by atoms with E-state index in [-0.39, 0.29) is 18.4 Å². The summed E-state index contributed by atoms with van der Waals surface area (Å²) in [6.07, 6.45) is 1.60. The van der Waals surface area contributed by atoms with E-state index in [1.54, 1.807) is 12.3 Å². The summed E-state index contributed by atoms with van der Waals surface area (Å²) >= 11 is 0. The van der Waals surface area contributed by atoms with Crippen molar-refractivity contribution in [1.29, 1.82) is 0 Å². The van der Waals surface area contributed by atoms with Crippen molar-refractivity contribution >= 4 is 5.82 Å². The minimum atomic E-state index is -0.307. The van der Waals surface area contributed by atoms with Crippen molar-refractivity contribution in [3.8, 4) is 0 Å². The van der Waals surface area contributed by atoms with Gasteiger partial charge in [0.05, 0.1) is 19.3 Å². The number of ether oxygens (including phenoxy) is 1. The molecule has 88 valence electrons. The number of aromatic nitrogens is 1. The van der Waals surface area contributed by atoms with Gasteiger partial charge in [-0.2, -0.15) is 0 Å². The molecule has 2 heterocycles. The van der Waals surface area contributed by atoms with Gasteiger partial charge in [-0.1, -0.05) is 0 Å². The molecular formula is C11H16FN3O. The Labute approximate surface area is 94.2 Å². The molecule has 0 saturated carbocycles. The van der Waals surface area contributed by atoms with E-state index in [0.29, 0.717) is 31.1 Å². The number of pyridine rings is 1. The van der Waals surface area contributed by atoms with Crippen molar-refractivity contribution in [3.63, 3.8) is 0 Å². The molecule has 5 heteroatoms. The first kappa shape index (κ1) is 11.3. The van der Waals surface area contributed by atoms with E-state index in [0.717, 1.165) is 0 Å². The lowest BCUT2D eigenvalue weighted by atomic mass is 10.2. The highest BCUT2D eigenvalue weighted by atomic mass is 19.1. The summed E-state index contributed by atoms with van der Waals surface area (Å²) in [6.45, 7) is 4.07. The van der Waals surface area contributed by atoms with Gasteiger partial charge in [0.2, 0.25) is 0 Å². The Morgan fingerprint density at radius 1 is 1.69 bits per heavy atom. The Hall–Kier alpha value is -1.20. The number of nitrogens with two attached hydrogens (primary N) is 1. The predicted octanol–water partition coefficient (Wildman–Crippen LogP) is 0.905. The zero-order chi connectivity index (χ0) is 11.5. The maximum atomic E-state index is 14.0. The Bertz CT molecular complexity index is 372. The summed E-state index contributed by atoms with van der Waals surface area (Å²) in [4.78, 5) is 6.03. The van der Waals surface area contributed by atoms with Gasteiger partial charge in [-0.25, -0.2) is 9.37 Å². The standard InChI is InChI=1S/C11H16FN3O/c1-8-7-16-5-4-15(8)11-10(12)9(6-13)2-3-14-11/h2-3,8H,4-7,13H2,1H3. The van der Waals surface area contributed by atoms with Crippen LogP contribution in [0.3, 0.4) is 0 Å². The van der Waals surface area contributed by atoms with E-state index in [9.17, 15) is 4.39 Å². The van der Waals surface area contributed by atoms with E-state index < -0.39 is 0 Å². The Morgan fingerprint density at radius 3 is 3.19 bits per heavy atom. The topological polar surface area (TPSA) is 51.4 Å². The van der Waals surface area contributed by atoms with Crippen LogP contribution in [0.5, 0.6) is 0 Å². The number of hydrogen-bond acceptors (Lipinski definition) is 4.